The van der Waals surface area contributed by atoms with Gasteiger partial charge in [-0.05, 0) is 52.4 Å². The summed E-state index contributed by atoms with van der Waals surface area (Å²) in [5.74, 6) is 0.759. The largest absolute Gasteiger partial charge is 0.395 e. The molecule has 1 rings (SSSR count). The van der Waals surface area contributed by atoms with E-state index in [1.54, 1.807) is 0 Å². The predicted octanol–water partition coefficient (Wildman–Crippen LogP) is 0.358. The number of piperidine rings is 1. The Bertz CT molecular complexity index is 205. The highest BCUT2D eigenvalue weighted by atomic mass is 16.3. The summed E-state index contributed by atoms with van der Waals surface area (Å²) in [6.45, 7) is 5.70. The van der Waals surface area contributed by atoms with Gasteiger partial charge in [0.25, 0.3) is 0 Å². The van der Waals surface area contributed by atoms with Crippen molar-refractivity contribution in [2.24, 2.45) is 11.7 Å². The van der Waals surface area contributed by atoms with Crippen molar-refractivity contribution in [2.45, 2.75) is 38.3 Å². The van der Waals surface area contributed by atoms with Gasteiger partial charge in [-0.2, -0.15) is 0 Å². The lowest BCUT2D eigenvalue weighted by Crippen LogP contribution is -2.50. The minimum atomic E-state index is 0.0799. The Morgan fingerprint density at radius 3 is 2.47 bits per heavy atom. The van der Waals surface area contributed by atoms with Crippen LogP contribution in [-0.2, 0) is 0 Å². The molecule has 4 heteroatoms. The van der Waals surface area contributed by atoms with E-state index in [0.29, 0.717) is 0 Å². The number of hydrogen-bond donors (Lipinski definition) is 2. The lowest BCUT2D eigenvalue weighted by Gasteiger charge is -2.36. The molecule has 3 N–H and O–H groups in total. The summed E-state index contributed by atoms with van der Waals surface area (Å²) in [6.07, 6.45) is 3.45. The highest BCUT2D eigenvalue weighted by Crippen LogP contribution is 2.18. The van der Waals surface area contributed by atoms with Crippen LogP contribution in [-0.4, -0.2) is 67.3 Å². The number of nitrogens with zero attached hydrogens (tertiary/aromatic N) is 2. The highest BCUT2D eigenvalue weighted by Gasteiger charge is 2.24. The fourth-order valence-corrected chi connectivity index (χ4v) is 2.66. The third kappa shape index (κ3) is 4.54. The second-order valence-electron chi connectivity index (χ2n) is 5.51. The normalized spacial score (nSPS) is 22.9. The van der Waals surface area contributed by atoms with E-state index in [2.05, 4.69) is 30.8 Å². The Morgan fingerprint density at radius 1 is 1.41 bits per heavy atom. The minimum absolute atomic E-state index is 0.0799. The minimum Gasteiger partial charge on any atom is -0.395 e. The van der Waals surface area contributed by atoms with Gasteiger partial charge in [0.2, 0.25) is 0 Å². The zero-order chi connectivity index (χ0) is 12.8. The van der Waals surface area contributed by atoms with E-state index in [0.717, 1.165) is 18.9 Å². The van der Waals surface area contributed by atoms with Crippen molar-refractivity contribution in [2.75, 3.05) is 40.3 Å². The van der Waals surface area contributed by atoms with E-state index in [-0.39, 0.29) is 18.7 Å². The Hall–Kier alpha value is -0.160. The van der Waals surface area contributed by atoms with Gasteiger partial charge in [-0.15, -0.1) is 0 Å². The molecule has 1 saturated heterocycles. The van der Waals surface area contributed by atoms with Gasteiger partial charge in [-0.25, -0.2) is 0 Å². The molecule has 4 nitrogen and oxygen atoms in total. The zero-order valence-electron chi connectivity index (χ0n) is 11.6. The molecule has 0 radical (unpaired) electrons. The van der Waals surface area contributed by atoms with Gasteiger partial charge in [-0.1, -0.05) is 6.92 Å². The number of rotatable bonds is 6. The quantitative estimate of drug-likeness (QED) is 0.707. The number of likely N-dealkylation sites (N-methyl/N-ethyl adjacent to an activating group) is 1. The topological polar surface area (TPSA) is 52.7 Å². The lowest BCUT2D eigenvalue weighted by molar-refractivity contribution is 0.0946. The van der Waals surface area contributed by atoms with E-state index in [9.17, 15) is 5.11 Å². The summed E-state index contributed by atoms with van der Waals surface area (Å²) < 4.78 is 0. The maximum atomic E-state index is 9.44. The van der Waals surface area contributed by atoms with E-state index in [4.69, 9.17) is 5.73 Å². The number of nitrogens with two attached hydrogens (primary N) is 1. The average molecular weight is 243 g/mol. The first-order chi connectivity index (χ1) is 8.08. The first-order valence-electron chi connectivity index (χ1n) is 6.83. The molecule has 0 aromatic heterocycles. The van der Waals surface area contributed by atoms with Crippen molar-refractivity contribution in [3.8, 4) is 0 Å². The number of hydrogen-bond acceptors (Lipinski definition) is 4. The Balaban J connectivity index is 2.38. The smallest absolute Gasteiger partial charge is 0.0601 e. The molecule has 0 aliphatic carbocycles. The first-order valence-corrected chi connectivity index (χ1v) is 6.83. The molecular weight excluding hydrogens is 214 g/mol. The van der Waals surface area contributed by atoms with Crippen LogP contribution in [0.15, 0.2) is 0 Å². The third-order valence-electron chi connectivity index (χ3n) is 4.10. The molecule has 0 amide bonds. The van der Waals surface area contributed by atoms with Crippen molar-refractivity contribution in [3.63, 3.8) is 0 Å². The molecule has 0 saturated carbocycles. The SMILES string of the molecule is CCC(N)C(CO)N(C)CC1CCN(C)CC1. The standard InChI is InChI=1S/C13H29N3O/c1-4-12(14)13(10-17)16(3)9-11-5-7-15(2)8-6-11/h11-13,17H,4-10,14H2,1-3H3. The van der Waals surface area contributed by atoms with Gasteiger partial charge in [0.05, 0.1) is 6.61 Å². The monoisotopic (exact) mass is 243 g/mol. The molecule has 1 heterocycles. The van der Waals surface area contributed by atoms with Crippen LogP contribution in [0.2, 0.25) is 0 Å². The van der Waals surface area contributed by atoms with Crippen molar-refractivity contribution in [1.82, 2.24) is 9.80 Å². The van der Waals surface area contributed by atoms with E-state index < -0.39 is 0 Å². The van der Waals surface area contributed by atoms with Crippen LogP contribution >= 0.6 is 0 Å². The zero-order valence-corrected chi connectivity index (χ0v) is 11.6. The molecule has 0 aromatic rings. The molecule has 2 atom stereocenters. The van der Waals surface area contributed by atoms with Crippen LogP contribution in [0.1, 0.15) is 26.2 Å². The Morgan fingerprint density at radius 2 is 2.00 bits per heavy atom. The fourth-order valence-electron chi connectivity index (χ4n) is 2.66. The van der Waals surface area contributed by atoms with Crippen LogP contribution in [0.3, 0.4) is 0 Å². The van der Waals surface area contributed by atoms with E-state index in [1.165, 1.54) is 25.9 Å². The van der Waals surface area contributed by atoms with Gasteiger partial charge in [0.15, 0.2) is 0 Å². The molecule has 17 heavy (non-hydrogen) atoms. The molecule has 1 aliphatic heterocycles. The second-order valence-corrected chi connectivity index (χ2v) is 5.51. The van der Waals surface area contributed by atoms with E-state index in [1.807, 2.05) is 0 Å². The summed E-state index contributed by atoms with van der Waals surface area (Å²) in [6, 6.07) is 0.191. The lowest BCUT2D eigenvalue weighted by atomic mass is 9.95. The van der Waals surface area contributed by atoms with Crippen LogP contribution < -0.4 is 5.73 Å². The van der Waals surface area contributed by atoms with Gasteiger partial charge >= 0.3 is 0 Å². The van der Waals surface area contributed by atoms with Crippen molar-refractivity contribution < 1.29 is 5.11 Å². The van der Waals surface area contributed by atoms with Crippen molar-refractivity contribution >= 4 is 0 Å². The van der Waals surface area contributed by atoms with Crippen molar-refractivity contribution in [3.05, 3.63) is 0 Å². The Kier molecular flexibility index (Phi) is 6.41. The number of likely N-dealkylation sites (tertiary alicyclic amines) is 1. The molecule has 1 fully saturated rings. The Labute approximate surface area is 106 Å². The molecule has 0 aromatic carbocycles. The maximum absolute atomic E-state index is 9.44. The summed E-state index contributed by atoms with van der Waals surface area (Å²) >= 11 is 0. The third-order valence-corrected chi connectivity index (χ3v) is 4.10. The summed E-state index contributed by atoms with van der Waals surface area (Å²) in [5, 5.41) is 9.44. The first kappa shape index (κ1) is 14.9. The van der Waals surface area contributed by atoms with Gasteiger partial charge in [0, 0.05) is 18.6 Å². The highest BCUT2D eigenvalue weighted by molar-refractivity contribution is 4.81. The average Bonchev–Trinajstić information content (AvgIpc) is 2.32. The van der Waals surface area contributed by atoms with Gasteiger partial charge < -0.3 is 15.7 Å². The fraction of sp³-hybridized carbons (Fsp3) is 1.00. The molecule has 0 spiro atoms. The van der Waals surface area contributed by atoms with Gasteiger partial charge in [0.1, 0.15) is 0 Å². The molecule has 2 unspecified atom stereocenters. The van der Waals surface area contributed by atoms with Crippen LogP contribution in [0.4, 0.5) is 0 Å². The molecule has 102 valence electrons. The molecule has 0 bridgehead atoms. The van der Waals surface area contributed by atoms with Gasteiger partial charge in [-0.3, -0.25) is 4.90 Å². The number of aliphatic hydroxyl groups excluding tert-OH is 1. The van der Waals surface area contributed by atoms with Crippen LogP contribution in [0.25, 0.3) is 0 Å². The maximum Gasteiger partial charge on any atom is 0.0601 e. The summed E-state index contributed by atoms with van der Waals surface area (Å²) in [7, 11) is 4.28. The molecular formula is C13H29N3O. The van der Waals surface area contributed by atoms with Crippen LogP contribution in [0, 0.1) is 5.92 Å². The van der Waals surface area contributed by atoms with E-state index >= 15 is 0 Å². The molecule has 1 aliphatic rings. The number of aliphatic hydroxyl groups is 1. The predicted molar refractivity (Wildman–Crippen MR) is 72.0 cm³/mol. The summed E-state index contributed by atoms with van der Waals surface area (Å²) in [5.41, 5.74) is 6.05. The van der Waals surface area contributed by atoms with Crippen molar-refractivity contribution in [1.29, 1.82) is 0 Å². The van der Waals surface area contributed by atoms with Crippen LogP contribution in [0.5, 0.6) is 0 Å². The second kappa shape index (κ2) is 7.31. The summed E-state index contributed by atoms with van der Waals surface area (Å²) in [4.78, 5) is 4.64.